The van der Waals surface area contributed by atoms with E-state index in [2.05, 4.69) is 10.3 Å². The van der Waals surface area contributed by atoms with Gasteiger partial charge >= 0.3 is 0 Å². The summed E-state index contributed by atoms with van der Waals surface area (Å²) in [7, 11) is 0. The number of hydrogen-bond donors (Lipinski definition) is 2. The van der Waals surface area contributed by atoms with Gasteiger partial charge in [-0.05, 0) is 30.5 Å². The number of amides is 2. The van der Waals surface area contributed by atoms with Crippen molar-refractivity contribution in [2.45, 2.75) is 30.6 Å². The third-order valence-electron chi connectivity index (χ3n) is 5.46. The fourth-order valence-corrected chi connectivity index (χ4v) is 3.86. The largest absolute Gasteiger partial charge is 0.383 e. The highest BCUT2D eigenvalue weighted by Gasteiger charge is 2.42. The molecule has 2 aromatic rings. The number of benzene rings is 1. The number of pyridine rings is 1. The lowest BCUT2D eigenvalue weighted by Gasteiger charge is -2.41. The molecule has 0 bridgehead atoms. The molecule has 28 heavy (non-hydrogen) atoms. The van der Waals surface area contributed by atoms with Crippen LogP contribution >= 0.6 is 0 Å². The molecular weight excluding hydrogens is 358 g/mol. The van der Waals surface area contributed by atoms with Crippen molar-refractivity contribution in [1.82, 2.24) is 15.2 Å². The fourth-order valence-electron chi connectivity index (χ4n) is 3.86. The van der Waals surface area contributed by atoms with Gasteiger partial charge in [0.05, 0.1) is 11.7 Å². The third-order valence-corrected chi connectivity index (χ3v) is 5.46. The summed E-state index contributed by atoms with van der Waals surface area (Å²) in [5, 5.41) is 13.8. The number of likely N-dealkylation sites (tertiary alicyclic amines) is 1. The second-order valence-corrected chi connectivity index (χ2v) is 7.26. The standard InChI is InChI=1S/C21H23N3O4/c25-17-14-28-19(18(23-17)15-6-2-1-3-7-15)20(26)24-12-9-21(27,10-13-24)16-8-4-5-11-22-16/h1-8,11,18-19,27H,9-10,12-14H2,(H,23,25)/t18-,19+/m1/s1. The Morgan fingerprint density at radius 1 is 1.14 bits per heavy atom. The van der Waals surface area contributed by atoms with Gasteiger partial charge in [0.1, 0.15) is 12.2 Å². The van der Waals surface area contributed by atoms with Crippen LogP contribution in [-0.4, -0.2) is 52.6 Å². The zero-order valence-corrected chi connectivity index (χ0v) is 15.5. The van der Waals surface area contributed by atoms with E-state index in [1.807, 2.05) is 48.5 Å². The summed E-state index contributed by atoms with van der Waals surface area (Å²) in [4.78, 5) is 30.9. The van der Waals surface area contributed by atoms with Gasteiger partial charge in [-0.1, -0.05) is 36.4 Å². The van der Waals surface area contributed by atoms with Crippen LogP contribution in [0.1, 0.15) is 30.1 Å². The van der Waals surface area contributed by atoms with Crippen molar-refractivity contribution in [1.29, 1.82) is 0 Å². The van der Waals surface area contributed by atoms with Crippen LogP contribution in [0.15, 0.2) is 54.7 Å². The maximum Gasteiger partial charge on any atom is 0.254 e. The first kappa shape index (κ1) is 18.6. The van der Waals surface area contributed by atoms with E-state index in [-0.39, 0.29) is 18.4 Å². The van der Waals surface area contributed by atoms with Crippen LogP contribution < -0.4 is 5.32 Å². The smallest absolute Gasteiger partial charge is 0.254 e. The minimum Gasteiger partial charge on any atom is -0.383 e. The van der Waals surface area contributed by atoms with Crippen LogP contribution in [0, 0.1) is 0 Å². The molecule has 1 aromatic heterocycles. The average molecular weight is 381 g/mol. The van der Waals surface area contributed by atoms with Gasteiger partial charge in [-0.15, -0.1) is 0 Å². The number of ether oxygens (including phenoxy) is 1. The zero-order valence-electron chi connectivity index (χ0n) is 15.5. The van der Waals surface area contributed by atoms with E-state index < -0.39 is 17.7 Å². The van der Waals surface area contributed by atoms with Crippen LogP contribution in [-0.2, 0) is 19.9 Å². The Kier molecular flexibility index (Phi) is 5.11. The summed E-state index contributed by atoms with van der Waals surface area (Å²) in [5.74, 6) is -0.405. The molecule has 0 radical (unpaired) electrons. The van der Waals surface area contributed by atoms with Gasteiger partial charge < -0.3 is 20.1 Å². The Morgan fingerprint density at radius 2 is 1.86 bits per heavy atom. The lowest BCUT2D eigenvalue weighted by atomic mass is 9.87. The summed E-state index contributed by atoms with van der Waals surface area (Å²) >= 11 is 0. The fraction of sp³-hybridized carbons (Fsp3) is 0.381. The first-order chi connectivity index (χ1) is 13.6. The maximum absolute atomic E-state index is 13.1. The monoisotopic (exact) mass is 381 g/mol. The van der Waals surface area contributed by atoms with Crippen molar-refractivity contribution in [2.75, 3.05) is 19.7 Å². The maximum atomic E-state index is 13.1. The number of nitrogens with zero attached hydrogens (tertiary/aromatic N) is 2. The van der Waals surface area contributed by atoms with Crippen molar-refractivity contribution >= 4 is 11.8 Å². The van der Waals surface area contributed by atoms with Crippen LogP contribution in [0.4, 0.5) is 0 Å². The number of rotatable bonds is 3. The van der Waals surface area contributed by atoms with Crippen LogP contribution in [0.3, 0.4) is 0 Å². The Hall–Kier alpha value is -2.77. The van der Waals surface area contributed by atoms with Gasteiger partial charge in [0.2, 0.25) is 5.91 Å². The van der Waals surface area contributed by atoms with Crippen molar-refractivity contribution in [2.24, 2.45) is 0 Å². The molecule has 7 heteroatoms. The predicted octanol–water partition coefficient (Wildman–Crippen LogP) is 1.15. The van der Waals surface area contributed by atoms with E-state index in [1.54, 1.807) is 11.1 Å². The molecule has 2 fully saturated rings. The van der Waals surface area contributed by atoms with Crippen molar-refractivity contribution in [3.63, 3.8) is 0 Å². The van der Waals surface area contributed by atoms with E-state index in [0.717, 1.165) is 5.56 Å². The number of piperidine rings is 1. The zero-order chi connectivity index (χ0) is 19.6. The predicted molar refractivity (Wildman–Crippen MR) is 101 cm³/mol. The van der Waals surface area contributed by atoms with Crippen LogP contribution in [0.2, 0.25) is 0 Å². The average Bonchev–Trinajstić information content (AvgIpc) is 2.75. The molecule has 2 aliphatic heterocycles. The molecule has 146 valence electrons. The molecule has 7 nitrogen and oxygen atoms in total. The van der Waals surface area contributed by atoms with Crippen molar-refractivity contribution in [3.05, 3.63) is 66.0 Å². The quantitative estimate of drug-likeness (QED) is 0.832. The highest BCUT2D eigenvalue weighted by Crippen LogP contribution is 2.33. The minimum absolute atomic E-state index is 0.133. The molecule has 3 heterocycles. The second-order valence-electron chi connectivity index (χ2n) is 7.26. The first-order valence-corrected chi connectivity index (χ1v) is 9.45. The number of nitrogens with one attached hydrogen (secondary N) is 1. The van der Waals surface area contributed by atoms with Gasteiger partial charge in [-0.25, -0.2) is 0 Å². The molecule has 1 aromatic carbocycles. The molecule has 2 N–H and O–H groups in total. The van der Waals surface area contributed by atoms with E-state index >= 15 is 0 Å². The number of aliphatic hydroxyl groups is 1. The normalized spacial score (nSPS) is 24.5. The Balaban J connectivity index is 1.47. The van der Waals surface area contributed by atoms with E-state index in [0.29, 0.717) is 31.6 Å². The molecule has 4 rings (SSSR count). The van der Waals surface area contributed by atoms with Gasteiger partial charge in [-0.3, -0.25) is 14.6 Å². The SMILES string of the molecule is O=C1CO[C@H](C(=O)N2CCC(O)(c3ccccn3)CC2)[C@@H](c2ccccc2)N1. The molecular formula is C21H23N3O4. The van der Waals surface area contributed by atoms with Crippen molar-refractivity contribution < 1.29 is 19.4 Å². The Labute approximate surface area is 163 Å². The summed E-state index contributed by atoms with van der Waals surface area (Å²) in [6.07, 6.45) is 1.70. The molecule has 0 unspecified atom stereocenters. The van der Waals surface area contributed by atoms with Gasteiger partial charge in [-0.2, -0.15) is 0 Å². The number of morpholine rings is 1. The molecule has 0 spiro atoms. The highest BCUT2D eigenvalue weighted by atomic mass is 16.5. The number of aromatic nitrogens is 1. The summed E-state index contributed by atoms with van der Waals surface area (Å²) in [6.45, 7) is 0.675. The number of carbonyl (C=O) groups is 2. The summed E-state index contributed by atoms with van der Waals surface area (Å²) < 4.78 is 5.63. The Morgan fingerprint density at radius 3 is 2.54 bits per heavy atom. The van der Waals surface area contributed by atoms with E-state index in [1.165, 1.54) is 0 Å². The van der Waals surface area contributed by atoms with E-state index in [9.17, 15) is 14.7 Å². The van der Waals surface area contributed by atoms with Crippen LogP contribution in [0.5, 0.6) is 0 Å². The van der Waals surface area contributed by atoms with E-state index in [4.69, 9.17) is 4.74 Å². The minimum atomic E-state index is -1.03. The summed E-state index contributed by atoms with van der Waals surface area (Å²) in [5.41, 5.74) is 0.430. The third kappa shape index (κ3) is 3.63. The number of hydrogen-bond acceptors (Lipinski definition) is 5. The number of carbonyl (C=O) groups excluding carboxylic acids is 2. The van der Waals surface area contributed by atoms with Crippen molar-refractivity contribution in [3.8, 4) is 0 Å². The van der Waals surface area contributed by atoms with Gasteiger partial charge in [0, 0.05) is 19.3 Å². The first-order valence-electron chi connectivity index (χ1n) is 9.45. The molecule has 0 saturated carbocycles. The lowest BCUT2D eigenvalue weighted by molar-refractivity contribution is -0.158. The van der Waals surface area contributed by atoms with Crippen LogP contribution in [0.25, 0.3) is 0 Å². The molecule has 2 aliphatic rings. The molecule has 2 amide bonds. The molecule has 2 atom stereocenters. The second kappa shape index (κ2) is 7.69. The topological polar surface area (TPSA) is 91.8 Å². The Bertz CT molecular complexity index is 835. The molecule has 0 aliphatic carbocycles. The highest BCUT2D eigenvalue weighted by molar-refractivity contribution is 5.86. The van der Waals surface area contributed by atoms with Gasteiger partial charge in [0.25, 0.3) is 5.91 Å². The van der Waals surface area contributed by atoms with Gasteiger partial charge in [0.15, 0.2) is 6.10 Å². The lowest BCUT2D eigenvalue weighted by Crippen LogP contribution is -2.55. The molecule has 2 saturated heterocycles. The summed E-state index contributed by atoms with van der Waals surface area (Å²) in [6, 6.07) is 14.3.